The zero-order valence-corrected chi connectivity index (χ0v) is 68.2. The molecule has 600 valence electrons. The topological polar surface area (TPSA) is 237 Å². The summed E-state index contributed by atoms with van der Waals surface area (Å²) in [6.45, 7) is 11.9. The highest BCUT2D eigenvalue weighted by Crippen LogP contribution is 2.45. The maximum Gasteiger partial charge on any atom is 0.472 e. The summed E-state index contributed by atoms with van der Waals surface area (Å²) < 4.78 is 68.7. The number of carbonyl (C=O) groups is 4. The SMILES string of the molecule is CCCCCCCCCCCCCCCCCCCCCC(=O)O[C@H](COC(=O)CCCCCCCCCCCCCCCCCC(C)C)COP(=O)(O)OC[C@@H](O)COP(=O)(O)OC[C@@H](COC(=O)CCCCCCCCC(C)CC)OC(=O)CCCCCCCCCCCCCC(C)C. The van der Waals surface area contributed by atoms with E-state index in [2.05, 4.69) is 48.5 Å². The van der Waals surface area contributed by atoms with E-state index in [0.29, 0.717) is 25.7 Å². The molecule has 0 aromatic carbocycles. The van der Waals surface area contributed by atoms with Crippen LogP contribution in [0.3, 0.4) is 0 Å². The molecule has 0 radical (unpaired) electrons. The van der Waals surface area contributed by atoms with Crippen LogP contribution in [0.15, 0.2) is 0 Å². The molecule has 17 nitrogen and oxygen atoms in total. The van der Waals surface area contributed by atoms with E-state index in [1.54, 1.807) is 0 Å². The first-order chi connectivity index (χ1) is 48.8. The number of aliphatic hydroxyl groups excluding tert-OH is 1. The molecule has 0 spiro atoms. The molecular formula is C82H160O17P2. The van der Waals surface area contributed by atoms with Crippen LogP contribution in [0.25, 0.3) is 0 Å². The van der Waals surface area contributed by atoms with Gasteiger partial charge in [-0.2, -0.15) is 0 Å². The molecular weight excluding hydrogens is 1320 g/mol. The van der Waals surface area contributed by atoms with Crippen molar-refractivity contribution in [3.8, 4) is 0 Å². The lowest BCUT2D eigenvalue weighted by Crippen LogP contribution is -2.30. The Morgan fingerprint density at radius 3 is 0.752 bits per heavy atom. The number of rotatable bonds is 80. The fourth-order valence-corrected chi connectivity index (χ4v) is 14.2. The van der Waals surface area contributed by atoms with Crippen molar-refractivity contribution in [1.82, 2.24) is 0 Å². The summed E-state index contributed by atoms with van der Waals surface area (Å²) in [5, 5.41) is 10.6. The van der Waals surface area contributed by atoms with Gasteiger partial charge in [-0.1, -0.05) is 376 Å². The highest BCUT2D eigenvalue weighted by Gasteiger charge is 2.30. The van der Waals surface area contributed by atoms with Gasteiger partial charge in [0, 0.05) is 25.7 Å². The number of hydrogen-bond donors (Lipinski definition) is 3. The molecule has 0 aliphatic carbocycles. The Hall–Kier alpha value is -1.94. The van der Waals surface area contributed by atoms with E-state index in [0.717, 1.165) is 114 Å². The van der Waals surface area contributed by atoms with E-state index in [1.165, 1.54) is 231 Å². The molecule has 0 bridgehead atoms. The lowest BCUT2D eigenvalue weighted by molar-refractivity contribution is -0.161. The van der Waals surface area contributed by atoms with Gasteiger partial charge in [-0.05, 0) is 43.4 Å². The van der Waals surface area contributed by atoms with Gasteiger partial charge in [-0.3, -0.25) is 37.3 Å². The highest BCUT2D eigenvalue weighted by atomic mass is 31.2. The molecule has 0 aromatic heterocycles. The number of ether oxygens (including phenoxy) is 4. The number of phosphoric acid groups is 2. The van der Waals surface area contributed by atoms with Crippen molar-refractivity contribution in [3.05, 3.63) is 0 Å². The second-order valence-corrected chi connectivity index (χ2v) is 33.6. The zero-order valence-electron chi connectivity index (χ0n) is 66.4. The molecule has 0 amide bonds. The Morgan fingerprint density at radius 1 is 0.287 bits per heavy atom. The van der Waals surface area contributed by atoms with Gasteiger partial charge >= 0.3 is 39.5 Å². The van der Waals surface area contributed by atoms with E-state index in [4.69, 9.17) is 37.0 Å². The second-order valence-electron chi connectivity index (χ2n) is 30.7. The number of phosphoric ester groups is 2. The maximum atomic E-state index is 13.1. The Balaban J connectivity index is 5.24. The van der Waals surface area contributed by atoms with Crippen molar-refractivity contribution in [3.63, 3.8) is 0 Å². The molecule has 0 aliphatic heterocycles. The van der Waals surface area contributed by atoms with Crippen LogP contribution in [0, 0.1) is 17.8 Å². The van der Waals surface area contributed by atoms with Gasteiger partial charge in [0.2, 0.25) is 0 Å². The van der Waals surface area contributed by atoms with Crippen molar-refractivity contribution in [2.45, 2.75) is 446 Å². The minimum atomic E-state index is -4.96. The molecule has 0 heterocycles. The Kier molecular flexibility index (Phi) is 70.9. The third kappa shape index (κ3) is 74.7. The molecule has 101 heavy (non-hydrogen) atoms. The summed E-state index contributed by atoms with van der Waals surface area (Å²) in [6.07, 6.45) is 61.1. The molecule has 0 aromatic rings. The van der Waals surface area contributed by atoms with Crippen LogP contribution in [0.1, 0.15) is 427 Å². The van der Waals surface area contributed by atoms with Gasteiger partial charge in [0.05, 0.1) is 26.4 Å². The van der Waals surface area contributed by atoms with Crippen LogP contribution in [0.5, 0.6) is 0 Å². The molecule has 3 N–H and O–H groups in total. The van der Waals surface area contributed by atoms with Crippen LogP contribution >= 0.6 is 15.6 Å². The van der Waals surface area contributed by atoms with Crippen LogP contribution in [0.4, 0.5) is 0 Å². The summed E-state index contributed by atoms with van der Waals surface area (Å²) in [6, 6.07) is 0. The fourth-order valence-electron chi connectivity index (χ4n) is 12.6. The van der Waals surface area contributed by atoms with Gasteiger partial charge in [0.1, 0.15) is 19.3 Å². The summed E-state index contributed by atoms with van der Waals surface area (Å²) in [5.41, 5.74) is 0. The lowest BCUT2D eigenvalue weighted by atomic mass is 10.00. The Bertz CT molecular complexity index is 1960. The largest absolute Gasteiger partial charge is 0.472 e. The van der Waals surface area contributed by atoms with Crippen LogP contribution in [-0.4, -0.2) is 96.7 Å². The van der Waals surface area contributed by atoms with E-state index in [9.17, 15) is 43.2 Å². The van der Waals surface area contributed by atoms with Crippen molar-refractivity contribution in [1.29, 1.82) is 0 Å². The summed E-state index contributed by atoms with van der Waals surface area (Å²) in [4.78, 5) is 73.1. The number of esters is 4. The Labute approximate surface area is 619 Å². The van der Waals surface area contributed by atoms with Crippen molar-refractivity contribution in [2.75, 3.05) is 39.6 Å². The molecule has 0 rings (SSSR count). The standard InChI is InChI=1S/C82H160O17P2/c1-8-10-11-12-13-14-15-16-17-18-19-20-23-27-32-37-42-51-58-65-81(86)98-77(69-92-79(84)63-56-49-41-36-31-26-24-21-22-25-29-34-39-46-53-60-73(3)4)71-96-100(88,89)94-67-76(83)68-95-101(90,91)97-72-78(70-93-80(85)64-57-50-45-44-48-55-62-75(7)9-2)99-82(87)66-59-52-43-38-33-28-30-35-40-47-54-61-74(5)6/h73-78,83H,8-72H2,1-7H3,(H,88,89)(H,90,91)/t75?,76-,77-,78-/m1/s1. The first-order valence-electron chi connectivity index (χ1n) is 42.4. The first-order valence-corrected chi connectivity index (χ1v) is 45.4. The van der Waals surface area contributed by atoms with Crippen LogP contribution in [-0.2, 0) is 65.4 Å². The average Bonchev–Trinajstić information content (AvgIpc) is 0.936. The van der Waals surface area contributed by atoms with E-state index in [1.807, 2.05) is 0 Å². The summed E-state index contributed by atoms with van der Waals surface area (Å²) in [5.74, 6) is 0.191. The number of aliphatic hydroxyl groups is 1. The lowest BCUT2D eigenvalue weighted by Gasteiger charge is -2.21. The Morgan fingerprint density at radius 2 is 0.505 bits per heavy atom. The third-order valence-electron chi connectivity index (χ3n) is 19.5. The molecule has 0 saturated heterocycles. The number of carbonyl (C=O) groups excluding carboxylic acids is 4. The minimum absolute atomic E-state index is 0.106. The van der Waals surface area contributed by atoms with Crippen molar-refractivity contribution < 1.29 is 80.2 Å². The smallest absolute Gasteiger partial charge is 0.462 e. The highest BCUT2D eigenvalue weighted by molar-refractivity contribution is 7.47. The first kappa shape index (κ1) is 99.1. The number of hydrogen-bond acceptors (Lipinski definition) is 15. The van der Waals surface area contributed by atoms with E-state index < -0.39 is 97.5 Å². The van der Waals surface area contributed by atoms with Gasteiger partial charge in [0.25, 0.3) is 0 Å². The predicted octanol–water partition coefficient (Wildman–Crippen LogP) is 24.5. The normalized spacial score (nSPS) is 14.2. The van der Waals surface area contributed by atoms with E-state index in [-0.39, 0.29) is 25.7 Å². The van der Waals surface area contributed by atoms with Crippen LogP contribution in [0.2, 0.25) is 0 Å². The predicted molar refractivity (Wildman–Crippen MR) is 414 cm³/mol. The van der Waals surface area contributed by atoms with E-state index >= 15 is 0 Å². The molecule has 6 atom stereocenters. The minimum Gasteiger partial charge on any atom is -0.462 e. The average molecular weight is 1480 g/mol. The molecule has 3 unspecified atom stereocenters. The van der Waals surface area contributed by atoms with Gasteiger partial charge < -0.3 is 33.8 Å². The zero-order chi connectivity index (χ0) is 74.4. The third-order valence-corrected chi connectivity index (χ3v) is 21.4. The summed E-state index contributed by atoms with van der Waals surface area (Å²) in [7, 11) is -9.92. The fraction of sp³-hybridized carbons (Fsp3) is 0.951. The second kappa shape index (κ2) is 72.3. The monoisotopic (exact) mass is 1480 g/mol. The van der Waals surface area contributed by atoms with Gasteiger partial charge in [-0.25, -0.2) is 9.13 Å². The van der Waals surface area contributed by atoms with Crippen LogP contribution < -0.4 is 0 Å². The molecule has 0 aliphatic rings. The van der Waals surface area contributed by atoms with Crippen molar-refractivity contribution in [2.24, 2.45) is 17.8 Å². The molecule has 0 fully saturated rings. The molecule has 19 heteroatoms. The summed E-state index contributed by atoms with van der Waals surface area (Å²) >= 11 is 0. The van der Waals surface area contributed by atoms with Crippen molar-refractivity contribution >= 4 is 39.5 Å². The van der Waals surface area contributed by atoms with Gasteiger partial charge in [-0.15, -0.1) is 0 Å². The van der Waals surface area contributed by atoms with Gasteiger partial charge in [0.15, 0.2) is 12.2 Å². The maximum absolute atomic E-state index is 13.1. The molecule has 0 saturated carbocycles. The quantitative estimate of drug-likeness (QED) is 0.0222. The number of unbranched alkanes of at least 4 members (excludes halogenated alkanes) is 47.